The molecular formula is C19H31NO. The van der Waals surface area contributed by atoms with E-state index in [0.29, 0.717) is 17.7 Å². The van der Waals surface area contributed by atoms with Crippen LogP contribution in [0, 0.1) is 11.8 Å². The summed E-state index contributed by atoms with van der Waals surface area (Å²) in [7, 11) is 0. The van der Waals surface area contributed by atoms with Gasteiger partial charge in [0.05, 0.1) is 0 Å². The summed E-state index contributed by atoms with van der Waals surface area (Å²) in [5.74, 6) is 1.43. The third-order valence-electron chi connectivity index (χ3n) is 4.94. The van der Waals surface area contributed by atoms with Gasteiger partial charge in [-0.1, -0.05) is 36.6 Å². The van der Waals surface area contributed by atoms with Gasteiger partial charge < -0.3 is 4.90 Å². The Labute approximate surface area is 130 Å². The van der Waals surface area contributed by atoms with Crippen molar-refractivity contribution in [2.75, 3.05) is 13.1 Å². The number of carbonyl (C=O) groups is 1. The fourth-order valence-electron chi connectivity index (χ4n) is 3.03. The number of carbonyl (C=O) groups excluding carboxylic acids is 1. The second-order valence-corrected chi connectivity index (χ2v) is 6.88. The van der Waals surface area contributed by atoms with Crippen LogP contribution in [-0.2, 0) is 4.79 Å². The highest BCUT2D eigenvalue weighted by atomic mass is 16.2. The highest BCUT2D eigenvalue weighted by Gasteiger charge is 2.32. The molecule has 2 rings (SSSR count). The van der Waals surface area contributed by atoms with Gasteiger partial charge in [-0.15, -0.1) is 0 Å². The van der Waals surface area contributed by atoms with Crippen molar-refractivity contribution in [2.45, 2.75) is 65.7 Å². The van der Waals surface area contributed by atoms with Gasteiger partial charge in [0, 0.05) is 19.0 Å². The Balaban J connectivity index is 1.89. The van der Waals surface area contributed by atoms with Crippen LogP contribution in [0.25, 0.3) is 0 Å². The lowest BCUT2D eigenvalue weighted by Gasteiger charge is -2.24. The van der Waals surface area contributed by atoms with Crippen molar-refractivity contribution < 1.29 is 4.79 Å². The van der Waals surface area contributed by atoms with Gasteiger partial charge in [0.2, 0.25) is 5.91 Å². The fraction of sp³-hybridized carbons (Fsp3) is 0.737. The minimum Gasteiger partial charge on any atom is -0.339 e. The Hall–Kier alpha value is -1.05. The lowest BCUT2D eigenvalue weighted by atomic mass is 9.85. The van der Waals surface area contributed by atoms with Crippen molar-refractivity contribution >= 4 is 5.91 Å². The van der Waals surface area contributed by atoms with E-state index in [0.717, 1.165) is 38.8 Å². The quantitative estimate of drug-likeness (QED) is 0.621. The second kappa shape index (κ2) is 7.82. The van der Waals surface area contributed by atoms with Crippen LogP contribution >= 0.6 is 0 Å². The van der Waals surface area contributed by atoms with Gasteiger partial charge in [-0.3, -0.25) is 4.79 Å². The Bertz CT molecular complexity index is 417. The van der Waals surface area contributed by atoms with E-state index in [1.165, 1.54) is 30.4 Å². The molecule has 0 aromatic carbocycles. The molecule has 2 aliphatic carbocycles. The van der Waals surface area contributed by atoms with Crippen molar-refractivity contribution in [1.29, 1.82) is 0 Å². The van der Waals surface area contributed by atoms with Gasteiger partial charge in [0.15, 0.2) is 0 Å². The second-order valence-electron chi connectivity index (χ2n) is 6.88. The average molecular weight is 289 g/mol. The topological polar surface area (TPSA) is 20.3 Å². The number of hydrogen-bond acceptors (Lipinski definition) is 1. The van der Waals surface area contributed by atoms with Crippen molar-refractivity contribution in [3.8, 4) is 0 Å². The number of nitrogens with zero attached hydrogens (tertiary/aromatic N) is 1. The van der Waals surface area contributed by atoms with E-state index in [-0.39, 0.29) is 0 Å². The highest BCUT2D eigenvalue weighted by Crippen LogP contribution is 2.32. The molecule has 0 aromatic heterocycles. The van der Waals surface area contributed by atoms with E-state index in [4.69, 9.17) is 0 Å². The van der Waals surface area contributed by atoms with Crippen LogP contribution < -0.4 is 0 Å². The van der Waals surface area contributed by atoms with E-state index >= 15 is 0 Å². The third-order valence-corrected chi connectivity index (χ3v) is 4.94. The lowest BCUT2D eigenvalue weighted by molar-refractivity contribution is -0.132. The summed E-state index contributed by atoms with van der Waals surface area (Å²) in [5, 5.41) is 0. The first-order valence-electron chi connectivity index (χ1n) is 8.73. The fourth-order valence-corrected chi connectivity index (χ4v) is 3.03. The molecule has 2 heteroatoms. The Morgan fingerprint density at radius 1 is 1.33 bits per heavy atom. The van der Waals surface area contributed by atoms with Gasteiger partial charge in [-0.2, -0.15) is 0 Å². The van der Waals surface area contributed by atoms with E-state index in [2.05, 4.69) is 37.8 Å². The third kappa shape index (κ3) is 5.01. The predicted molar refractivity (Wildman–Crippen MR) is 89.1 cm³/mol. The molecular weight excluding hydrogens is 258 g/mol. The zero-order valence-electron chi connectivity index (χ0n) is 14.0. The molecule has 0 aliphatic heterocycles. The van der Waals surface area contributed by atoms with E-state index < -0.39 is 0 Å². The molecule has 118 valence electrons. The molecule has 0 aromatic rings. The molecule has 2 nitrogen and oxygen atoms in total. The van der Waals surface area contributed by atoms with Crippen molar-refractivity contribution in [2.24, 2.45) is 11.8 Å². The first-order valence-corrected chi connectivity index (χ1v) is 8.73. The molecule has 0 bridgehead atoms. The first kappa shape index (κ1) is 16.3. The largest absolute Gasteiger partial charge is 0.339 e. The van der Waals surface area contributed by atoms with E-state index in [1.54, 1.807) is 0 Å². The van der Waals surface area contributed by atoms with Gasteiger partial charge >= 0.3 is 0 Å². The van der Waals surface area contributed by atoms with Crippen LogP contribution in [0.15, 0.2) is 23.3 Å². The summed E-state index contributed by atoms with van der Waals surface area (Å²) >= 11 is 0. The first-order chi connectivity index (χ1) is 10.1. The predicted octanol–water partition coefficient (Wildman–Crippen LogP) is 4.72. The summed E-state index contributed by atoms with van der Waals surface area (Å²) in [6.45, 7) is 8.42. The molecule has 1 saturated carbocycles. The Morgan fingerprint density at radius 2 is 2.10 bits per heavy atom. The Morgan fingerprint density at radius 3 is 2.67 bits per heavy atom. The van der Waals surface area contributed by atoms with Crippen molar-refractivity contribution in [1.82, 2.24) is 4.90 Å². The molecule has 0 radical (unpaired) electrons. The van der Waals surface area contributed by atoms with Crippen molar-refractivity contribution in [3.05, 3.63) is 23.3 Å². The standard InChI is InChI=1S/C19H31NO/c1-4-5-13-20(19(21)18-10-11-18)14-12-16(3)17-8-6-15(2)7-9-17/h6,12,17-18H,4-5,7-11,13-14H2,1-3H3/b16-12+. The monoisotopic (exact) mass is 289 g/mol. The van der Waals surface area contributed by atoms with Crippen LogP contribution in [-0.4, -0.2) is 23.9 Å². The van der Waals surface area contributed by atoms with Gasteiger partial charge in [0.1, 0.15) is 0 Å². The lowest BCUT2D eigenvalue weighted by Crippen LogP contribution is -2.33. The molecule has 0 heterocycles. The molecule has 21 heavy (non-hydrogen) atoms. The number of unbranched alkanes of at least 4 members (excludes halogenated alkanes) is 1. The zero-order valence-corrected chi connectivity index (χ0v) is 14.0. The van der Waals surface area contributed by atoms with Crippen LogP contribution in [0.3, 0.4) is 0 Å². The normalized spacial score (nSPS) is 22.9. The molecule has 0 saturated heterocycles. The maximum absolute atomic E-state index is 12.3. The SMILES string of the molecule is CCCCN(C/C=C(\C)C1CC=C(C)CC1)C(=O)C1CC1. The highest BCUT2D eigenvalue weighted by molar-refractivity contribution is 5.81. The van der Waals surface area contributed by atoms with E-state index in [9.17, 15) is 4.79 Å². The molecule has 0 N–H and O–H groups in total. The minimum atomic E-state index is 0.343. The van der Waals surface area contributed by atoms with Gasteiger partial charge in [-0.25, -0.2) is 0 Å². The molecule has 1 unspecified atom stereocenters. The molecule has 1 amide bonds. The molecule has 0 spiro atoms. The summed E-state index contributed by atoms with van der Waals surface area (Å²) in [6.07, 6.45) is 12.9. The summed E-state index contributed by atoms with van der Waals surface area (Å²) in [6, 6.07) is 0. The van der Waals surface area contributed by atoms with Crippen LogP contribution in [0.5, 0.6) is 0 Å². The summed E-state index contributed by atoms with van der Waals surface area (Å²) in [5.41, 5.74) is 3.01. The smallest absolute Gasteiger partial charge is 0.225 e. The number of rotatable bonds is 7. The van der Waals surface area contributed by atoms with Gasteiger partial charge in [-0.05, 0) is 58.3 Å². The summed E-state index contributed by atoms with van der Waals surface area (Å²) in [4.78, 5) is 14.4. The number of allylic oxidation sites excluding steroid dienone is 3. The maximum Gasteiger partial charge on any atom is 0.225 e. The average Bonchev–Trinajstić information content (AvgIpc) is 3.32. The number of hydrogen-bond donors (Lipinski definition) is 0. The van der Waals surface area contributed by atoms with E-state index in [1.807, 2.05) is 0 Å². The summed E-state index contributed by atoms with van der Waals surface area (Å²) < 4.78 is 0. The molecule has 1 atom stereocenters. The Kier molecular flexibility index (Phi) is 6.08. The number of amides is 1. The molecule has 1 fully saturated rings. The van der Waals surface area contributed by atoms with Crippen LogP contribution in [0.1, 0.15) is 65.7 Å². The van der Waals surface area contributed by atoms with Gasteiger partial charge in [0.25, 0.3) is 0 Å². The molecule has 2 aliphatic rings. The van der Waals surface area contributed by atoms with Crippen LogP contribution in [0.2, 0.25) is 0 Å². The minimum absolute atomic E-state index is 0.343. The maximum atomic E-state index is 12.3. The van der Waals surface area contributed by atoms with Crippen LogP contribution in [0.4, 0.5) is 0 Å². The zero-order chi connectivity index (χ0) is 15.2. The van der Waals surface area contributed by atoms with Crippen molar-refractivity contribution in [3.63, 3.8) is 0 Å².